The van der Waals surface area contributed by atoms with Crippen LogP contribution in [0.25, 0.3) is 0 Å². The maximum atomic E-state index is 13.8. The number of pyridine rings is 1. The first-order valence-electron chi connectivity index (χ1n) is 18.2. The molecule has 5 heterocycles. The number of halogens is 4. The number of thiophene rings is 1. The second-order valence-corrected chi connectivity index (χ2v) is 16.2. The first kappa shape index (κ1) is 38.5. The number of carbonyl (C=O) groups excluding carboxylic acids is 2. The Balaban J connectivity index is 1.06. The fourth-order valence-electron chi connectivity index (χ4n) is 6.98. The summed E-state index contributed by atoms with van der Waals surface area (Å²) in [5.41, 5.74) is 1.86. The van der Waals surface area contributed by atoms with Crippen LogP contribution in [0.1, 0.15) is 75.5 Å². The number of nitrogens with one attached hydrogen (secondary N) is 2. The molecule has 14 heteroatoms. The number of nitrogens with zero attached hydrogens (tertiary/aromatic N) is 1. The number of esters is 2. The predicted molar refractivity (Wildman–Crippen MR) is 200 cm³/mol. The van der Waals surface area contributed by atoms with Gasteiger partial charge in [-0.25, -0.2) is 14.6 Å². The number of rotatable bonds is 17. The number of hydrogen-bond acceptors (Lipinski definition) is 9. The molecular weight excluding hydrogens is 759 g/mol. The summed E-state index contributed by atoms with van der Waals surface area (Å²) in [7, 11) is 0. The number of hydrogen-bond donors (Lipinski definition) is 1. The molecule has 1 unspecified atom stereocenters. The standard InChI is InChI=1S/C40H41Cl2F2N3O6S/c41-30-21-45-22-31(42)29(30)19-33(27-8-10-32(53-39(43)44)34(18-27)50-23-25-6-7-25)52-37(48)35-11-9-28(54-35)20-46-36(26-4-2-1-3-5-26)38(49)51-24-40-12-15-47(16-13-40)17-14-40/h1-5,8-11,18,21-22,25,33,36,39,46H,6-7,12-17,19-20,23-24H2/p+1/t33-,36?/m0/s1. The highest BCUT2D eigenvalue weighted by molar-refractivity contribution is 7.13. The van der Waals surface area contributed by atoms with Gasteiger partial charge in [0, 0.05) is 28.8 Å². The Morgan fingerprint density at radius 3 is 2.35 bits per heavy atom. The minimum atomic E-state index is -3.04. The summed E-state index contributed by atoms with van der Waals surface area (Å²) >= 11 is 14.2. The lowest BCUT2D eigenvalue weighted by molar-refractivity contribution is -0.377. The van der Waals surface area contributed by atoms with Gasteiger partial charge in [-0.2, -0.15) is 8.78 Å². The van der Waals surface area contributed by atoms with E-state index in [2.05, 4.69) is 15.2 Å². The Kier molecular flexibility index (Phi) is 12.3. The second kappa shape index (κ2) is 17.3. The number of aromatic nitrogens is 1. The number of benzene rings is 2. The van der Waals surface area contributed by atoms with E-state index in [1.165, 1.54) is 17.4 Å². The summed E-state index contributed by atoms with van der Waals surface area (Å²) in [6, 6.07) is 16.7. The highest BCUT2D eigenvalue weighted by Crippen LogP contribution is 2.41. The Morgan fingerprint density at radius 2 is 1.67 bits per heavy atom. The van der Waals surface area contributed by atoms with Crippen LogP contribution in [-0.2, 0) is 27.2 Å². The third-order valence-corrected chi connectivity index (χ3v) is 12.2. The van der Waals surface area contributed by atoms with E-state index in [9.17, 15) is 18.4 Å². The van der Waals surface area contributed by atoms with Gasteiger partial charge in [-0.05, 0) is 93.0 Å². The number of H-pyrrole nitrogens is 1. The monoisotopic (exact) mass is 800 g/mol. The lowest BCUT2D eigenvalue weighted by Gasteiger charge is -2.48. The molecule has 2 bridgehead atoms. The molecule has 2 atom stereocenters. The van der Waals surface area contributed by atoms with Gasteiger partial charge in [-0.1, -0.05) is 59.6 Å². The highest BCUT2D eigenvalue weighted by atomic mass is 35.5. The van der Waals surface area contributed by atoms with Crippen molar-refractivity contribution < 1.29 is 42.3 Å². The van der Waals surface area contributed by atoms with Crippen LogP contribution in [-0.4, -0.2) is 56.3 Å². The van der Waals surface area contributed by atoms with E-state index in [4.69, 9.17) is 42.1 Å². The molecule has 4 fully saturated rings. The molecule has 4 aliphatic rings. The van der Waals surface area contributed by atoms with Crippen LogP contribution >= 0.6 is 34.5 Å². The minimum Gasteiger partial charge on any atom is -0.489 e. The maximum absolute atomic E-state index is 13.8. The van der Waals surface area contributed by atoms with Gasteiger partial charge in [0.2, 0.25) is 0 Å². The van der Waals surface area contributed by atoms with Gasteiger partial charge in [0.15, 0.2) is 23.9 Å². The van der Waals surface area contributed by atoms with Crippen LogP contribution in [0.4, 0.5) is 8.78 Å². The van der Waals surface area contributed by atoms with Gasteiger partial charge in [-0.3, -0.25) is 5.32 Å². The Morgan fingerprint density at radius 1 is 0.944 bits per heavy atom. The molecule has 8 rings (SSSR count). The molecule has 1 aliphatic carbocycles. The number of piperidine rings is 3. The van der Waals surface area contributed by atoms with Crippen molar-refractivity contribution in [2.24, 2.45) is 11.3 Å². The van der Waals surface area contributed by atoms with Gasteiger partial charge in [-0.15, -0.1) is 11.3 Å². The van der Waals surface area contributed by atoms with Crippen molar-refractivity contribution in [2.75, 3.05) is 32.8 Å². The van der Waals surface area contributed by atoms with Gasteiger partial charge in [0.25, 0.3) is 0 Å². The molecule has 1 saturated carbocycles. The molecule has 2 N–H and O–H groups in total. The molecule has 54 heavy (non-hydrogen) atoms. The summed E-state index contributed by atoms with van der Waals surface area (Å²) in [5, 5.41) is 4.04. The zero-order valence-corrected chi connectivity index (χ0v) is 31.9. The minimum absolute atomic E-state index is 0.0506. The maximum Gasteiger partial charge on any atom is 0.387 e. The Hall–Kier alpha value is -3.81. The van der Waals surface area contributed by atoms with Crippen molar-refractivity contribution in [3.63, 3.8) is 0 Å². The van der Waals surface area contributed by atoms with Crippen LogP contribution in [0.15, 0.2) is 73.1 Å². The van der Waals surface area contributed by atoms with Crippen LogP contribution in [0.2, 0.25) is 10.0 Å². The quantitative estimate of drug-likeness (QED) is 0.107. The van der Waals surface area contributed by atoms with Gasteiger partial charge in [0.05, 0.1) is 13.2 Å². The van der Waals surface area contributed by atoms with Crippen molar-refractivity contribution >= 4 is 46.5 Å². The summed E-state index contributed by atoms with van der Waals surface area (Å²) in [5.74, 6) is -0.568. The van der Waals surface area contributed by atoms with Crippen molar-refractivity contribution in [3.05, 3.63) is 110 Å². The van der Waals surface area contributed by atoms with Gasteiger partial charge in [0.1, 0.15) is 27.1 Å². The van der Waals surface area contributed by atoms with E-state index >= 15 is 0 Å². The molecule has 9 nitrogen and oxygen atoms in total. The van der Waals surface area contributed by atoms with Crippen molar-refractivity contribution in [1.82, 2.24) is 10.2 Å². The topological polar surface area (TPSA) is 100 Å². The SMILES string of the molecule is O=C(O[C@@H](Cc1c(Cl)c[nH+]cc1Cl)c1ccc(OC(F)F)c(OCC2CC2)c1)c1ccc(CNC(C(=O)OCC23CCN(CC2)CC3)c2ccccc2)s1. The third-order valence-electron chi connectivity index (χ3n) is 10.5. The first-order valence-corrected chi connectivity index (χ1v) is 19.7. The van der Waals surface area contributed by atoms with Gasteiger partial charge >= 0.3 is 18.6 Å². The number of fused-ring (bicyclic) bond motifs is 3. The molecule has 0 spiro atoms. The van der Waals surface area contributed by atoms with Crippen LogP contribution in [0.5, 0.6) is 11.5 Å². The van der Waals surface area contributed by atoms with Crippen LogP contribution in [0, 0.1) is 11.3 Å². The summed E-state index contributed by atoms with van der Waals surface area (Å²) in [6.45, 7) is 1.17. The molecular formula is C40H42Cl2F2N3O6S+. The van der Waals surface area contributed by atoms with Crippen LogP contribution < -0.4 is 19.8 Å². The largest absolute Gasteiger partial charge is 0.489 e. The van der Waals surface area contributed by atoms with Crippen molar-refractivity contribution in [1.29, 1.82) is 0 Å². The fraction of sp³-hybridized carbons (Fsp3) is 0.425. The van der Waals surface area contributed by atoms with Crippen LogP contribution in [0.3, 0.4) is 0 Å². The Bertz CT molecular complexity index is 1890. The number of carbonyl (C=O) groups is 2. The molecule has 2 aromatic heterocycles. The number of alkyl halides is 2. The molecule has 4 aromatic rings. The molecule has 3 saturated heterocycles. The molecule has 286 valence electrons. The zero-order valence-electron chi connectivity index (χ0n) is 29.5. The zero-order chi connectivity index (χ0) is 37.7. The molecule has 0 radical (unpaired) electrons. The highest BCUT2D eigenvalue weighted by Gasteiger charge is 2.41. The summed E-state index contributed by atoms with van der Waals surface area (Å²) in [4.78, 5) is 33.8. The molecule has 2 aromatic carbocycles. The third kappa shape index (κ3) is 9.70. The second-order valence-electron chi connectivity index (χ2n) is 14.3. The first-order chi connectivity index (χ1) is 26.1. The average molecular weight is 802 g/mol. The normalized spacial score (nSPS) is 20.4. The molecule has 3 aliphatic heterocycles. The van der Waals surface area contributed by atoms with Crippen molar-refractivity contribution in [2.45, 2.75) is 63.8 Å². The summed E-state index contributed by atoms with van der Waals surface area (Å²) < 4.78 is 49.3. The lowest BCUT2D eigenvalue weighted by Crippen LogP contribution is -2.50. The van der Waals surface area contributed by atoms with E-state index in [1.54, 1.807) is 30.6 Å². The fourth-order valence-corrected chi connectivity index (χ4v) is 8.36. The van der Waals surface area contributed by atoms with Gasteiger partial charge < -0.3 is 23.8 Å². The van der Waals surface area contributed by atoms with E-state index < -0.39 is 24.7 Å². The van der Waals surface area contributed by atoms with Crippen molar-refractivity contribution in [3.8, 4) is 11.5 Å². The van der Waals surface area contributed by atoms with E-state index in [0.717, 1.165) is 62.2 Å². The molecule has 0 amide bonds. The lowest BCUT2D eigenvalue weighted by atomic mass is 9.73. The predicted octanol–water partition coefficient (Wildman–Crippen LogP) is 8.26. The Labute approximate surface area is 326 Å². The van der Waals surface area contributed by atoms with E-state index in [1.807, 2.05) is 36.4 Å². The number of ether oxygens (including phenoxy) is 4. The van der Waals surface area contributed by atoms with E-state index in [-0.39, 0.29) is 29.3 Å². The average Bonchev–Trinajstić information content (AvgIpc) is 3.89. The number of aromatic amines is 1. The van der Waals surface area contributed by atoms with E-state index in [0.29, 0.717) is 51.7 Å². The smallest absolute Gasteiger partial charge is 0.387 e. The summed E-state index contributed by atoms with van der Waals surface area (Å²) in [6.07, 6.45) is 7.43.